The molecule has 1 aromatic heterocycles. The van der Waals surface area contributed by atoms with Crippen LogP contribution in [-0.2, 0) is 11.2 Å². The second-order valence-electron chi connectivity index (χ2n) is 6.88. The quantitative estimate of drug-likeness (QED) is 0.599. The molecule has 1 heterocycles. The van der Waals surface area contributed by atoms with E-state index < -0.39 is 12.1 Å². The number of benzene rings is 1. The molecule has 2 aromatic rings. The highest BCUT2D eigenvalue weighted by atomic mass is 32.1. The van der Waals surface area contributed by atoms with Crippen molar-refractivity contribution >= 4 is 33.4 Å². The van der Waals surface area contributed by atoms with Gasteiger partial charge in [-0.3, -0.25) is 4.79 Å². The Balaban J connectivity index is 2.16. The highest BCUT2D eigenvalue weighted by Crippen LogP contribution is 2.26. The Labute approximate surface area is 170 Å². The van der Waals surface area contributed by atoms with Crippen molar-refractivity contribution in [3.63, 3.8) is 0 Å². The first-order valence-corrected chi connectivity index (χ1v) is 10.6. The first-order chi connectivity index (χ1) is 13.5. The Kier molecular flexibility index (Phi) is 8.27. The summed E-state index contributed by atoms with van der Waals surface area (Å²) in [7, 11) is 0. The molecule has 0 radical (unpaired) electrons. The minimum Gasteiger partial charge on any atom is -0.339 e. The molecule has 0 aliphatic heterocycles. The largest absolute Gasteiger partial charge is 0.339 e. The van der Waals surface area contributed by atoms with Crippen molar-refractivity contribution in [1.82, 2.24) is 16.0 Å². The van der Waals surface area contributed by atoms with Gasteiger partial charge < -0.3 is 16.0 Å². The lowest BCUT2D eigenvalue weighted by atomic mass is 10.0. The van der Waals surface area contributed by atoms with Gasteiger partial charge in [0.25, 0.3) is 0 Å². The van der Waals surface area contributed by atoms with Crippen molar-refractivity contribution in [2.75, 3.05) is 0 Å². The van der Waals surface area contributed by atoms with Crippen LogP contribution in [0, 0.1) is 11.3 Å². The Morgan fingerprint density at radius 2 is 1.93 bits per heavy atom. The van der Waals surface area contributed by atoms with Crippen LogP contribution >= 0.6 is 11.3 Å². The Hall–Kier alpha value is -2.59. The van der Waals surface area contributed by atoms with Crippen molar-refractivity contribution in [3.05, 3.63) is 35.2 Å². The number of urea groups is 1. The predicted octanol–water partition coefficient (Wildman–Crippen LogP) is 3.72. The average molecular weight is 401 g/mol. The summed E-state index contributed by atoms with van der Waals surface area (Å²) < 4.78 is 1.14. The summed E-state index contributed by atoms with van der Waals surface area (Å²) in [6, 6.07) is 8.32. The lowest BCUT2D eigenvalue weighted by Crippen LogP contribution is -2.53. The molecule has 0 saturated carbocycles. The fourth-order valence-electron chi connectivity index (χ4n) is 3.08. The predicted molar refractivity (Wildman–Crippen MR) is 113 cm³/mol. The monoisotopic (exact) mass is 400 g/mol. The number of carbonyl (C=O) groups is 2. The summed E-state index contributed by atoms with van der Waals surface area (Å²) in [5, 5.41) is 20.5. The number of hydrogen-bond acceptors (Lipinski definition) is 4. The number of amides is 3. The molecule has 1 aromatic carbocycles. The molecular formula is C21H28N4O2S. The van der Waals surface area contributed by atoms with E-state index in [9.17, 15) is 9.59 Å². The van der Waals surface area contributed by atoms with Gasteiger partial charge in [0.05, 0.1) is 6.07 Å². The molecule has 6 nitrogen and oxygen atoms in total. The number of rotatable bonds is 9. The van der Waals surface area contributed by atoms with Crippen LogP contribution in [0.1, 0.15) is 45.6 Å². The van der Waals surface area contributed by atoms with Crippen LogP contribution in [0.25, 0.3) is 10.1 Å². The van der Waals surface area contributed by atoms with Gasteiger partial charge in [-0.1, -0.05) is 38.5 Å². The van der Waals surface area contributed by atoms with E-state index >= 15 is 0 Å². The highest BCUT2D eigenvalue weighted by molar-refractivity contribution is 7.17. The molecule has 0 spiro atoms. The third kappa shape index (κ3) is 5.96. The third-order valence-electron chi connectivity index (χ3n) is 4.62. The van der Waals surface area contributed by atoms with Gasteiger partial charge in [0, 0.05) is 17.2 Å². The maximum absolute atomic E-state index is 12.7. The molecule has 2 rings (SSSR count). The van der Waals surface area contributed by atoms with Crippen molar-refractivity contribution in [2.45, 2.75) is 64.6 Å². The van der Waals surface area contributed by atoms with E-state index in [1.54, 1.807) is 18.3 Å². The summed E-state index contributed by atoms with van der Waals surface area (Å²) in [6.07, 6.45) is 3.06. The molecule has 0 bridgehead atoms. The van der Waals surface area contributed by atoms with E-state index in [0.29, 0.717) is 6.42 Å². The van der Waals surface area contributed by atoms with Crippen LogP contribution in [0.2, 0.25) is 0 Å². The van der Waals surface area contributed by atoms with Gasteiger partial charge >= 0.3 is 6.03 Å². The third-order valence-corrected chi connectivity index (χ3v) is 5.64. The number of hydrogen-bond donors (Lipinski definition) is 3. The number of thiophene rings is 1. The zero-order valence-electron chi connectivity index (χ0n) is 16.6. The number of nitriles is 1. The van der Waals surface area contributed by atoms with Crippen molar-refractivity contribution in [1.29, 1.82) is 5.26 Å². The fraction of sp³-hybridized carbons (Fsp3) is 0.476. The molecule has 28 heavy (non-hydrogen) atoms. The van der Waals surface area contributed by atoms with E-state index in [4.69, 9.17) is 5.26 Å². The summed E-state index contributed by atoms with van der Waals surface area (Å²) in [6.45, 7) is 5.71. The second kappa shape index (κ2) is 10.7. The van der Waals surface area contributed by atoms with Gasteiger partial charge in [-0.05, 0) is 42.2 Å². The summed E-state index contributed by atoms with van der Waals surface area (Å²) in [5.41, 5.74) is 1.01. The SMILES string of the molecule is CCCC(CC)NC(=O)NC(Cc1csc2ccccc12)C(=O)NC(C)C#N. The van der Waals surface area contributed by atoms with Gasteiger partial charge in [-0.2, -0.15) is 5.26 Å². The number of carbonyl (C=O) groups excluding carboxylic acids is 2. The summed E-state index contributed by atoms with van der Waals surface area (Å²) >= 11 is 1.61. The normalized spacial score (nSPS) is 13.9. The van der Waals surface area contributed by atoms with E-state index in [-0.39, 0.29) is 18.0 Å². The molecule has 0 aliphatic rings. The zero-order chi connectivity index (χ0) is 20.5. The average Bonchev–Trinajstić information content (AvgIpc) is 3.09. The topological polar surface area (TPSA) is 94.0 Å². The number of fused-ring (bicyclic) bond motifs is 1. The van der Waals surface area contributed by atoms with E-state index in [1.807, 2.05) is 42.6 Å². The molecular weight excluding hydrogens is 372 g/mol. The molecule has 150 valence electrons. The number of nitrogens with one attached hydrogen (secondary N) is 3. The Bertz CT molecular complexity index is 842. The first kappa shape index (κ1) is 21.7. The molecule has 7 heteroatoms. The lowest BCUT2D eigenvalue weighted by Gasteiger charge is -2.22. The molecule has 0 fully saturated rings. The highest BCUT2D eigenvalue weighted by Gasteiger charge is 2.24. The zero-order valence-corrected chi connectivity index (χ0v) is 17.4. The fourth-order valence-corrected chi connectivity index (χ4v) is 4.05. The van der Waals surface area contributed by atoms with Gasteiger partial charge in [0.15, 0.2) is 0 Å². The molecule has 3 atom stereocenters. The van der Waals surface area contributed by atoms with Crippen LogP contribution in [-0.4, -0.2) is 30.1 Å². The van der Waals surface area contributed by atoms with Crippen LogP contribution in [0.5, 0.6) is 0 Å². The lowest BCUT2D eigenvalue weighted by molar-refractivity contribution is -0.123. The first-order valence-electron chi connectivity index (χ1n) is 9.70. The molecule has 3 unspecified atom stereocenters. The Morgan fingerprint density at radius 1 is 1.18 bits per heavy atom. The van der Waals surface area contributed by atoms with Crippen molar-refractivity contribution < 1.29 is 9.59 Å². The maximum Gasteiger partial charge on any atom is 0.315 e. The van der Waals surface area contributed by atoms with Crippen LogP contribution < -0.4 is 16.0 Å². The molecule has 3 amide bonds. The van der Waals surface area contributed by atoms with Crippen molar-refractivity contribution in [3.8, 4) is 6.07 Å². The minimum atomic E-state index is -0.757. The van der Waals surface area contributed by atoms with E-state index in [1.165, 1.54) is 0 Å². The smallest absolute Gasteiger partial charge is 0.315 e. The Morgan fingerprint density at radius 3 is 2.61 bits per heavy atom. The van der Waals surface area contributed by atoms with Crippen molar-refractivity contribution in [2.24, 2.45) is 0 Å². The maximum atomic E-state index is 12.7. The number of nitrogens with zero attached hydrogens (tertiary/aromatic N) is 1. The van der Waals surface area contributed by atoms with Gasteiger partial charge in [-0.15, -0.1) is 11.3 Å². The molecule has 0 saturated heterocycles. The standard InChI is InChI=1S/C21H28N4O2S/c1-4-8-16(5-2)24-21(27)25-18(20(26)23-14(3)12-22)11-15-13-28-19-10-7-6-9-17(15)19/h6-7,9-10,13-14,16,18H,4-5,8,11H2,1-3H3,(H,23,26)(H2,24,25,27). The van der Waals surface area contributed by atoms with Gasteiger partial charge in [-0.25, -0.2) is 4.79 Å². The molecule has 0 aliphatic carbocycles. The van der Waals surface area contributed by atoms with Gasteiger partial charge in [0.1, 0.15) is 12.1 Å². The van der Waals surface area contributed by atoms with Crippen LogP contribution in [0.15, 0.2) is 29.6 Å². The van der Waals surface area contributed by atoms with E-state index in [0.717, 1.165) is 34.9 Å². The van der Waals surface area contributed by atoms with Crippen LogP contribution in [0.3, 0.4) is 0 Å². The minimum absolute atomic E-state index is 0.0775. The second-order valence-corrected chi connectivity index (χ2v) is 7.80. The van der Waals surface area contributed by atoms with Crippen LogP contribution in [0.4, 0.5) is 4.79 Å². The summed E-state index contributed by atoms with van der Waals surface area (Å²) in [4.78, 5) is 25.2. The van der Waals surface area contributed by atoms with Gasteiger partial charge in [0.2, 0.25) is 5.91 Å². The van der Waals surface area contributed by atoms with E-state index in [2.05, 4.69) is 22.9 Å². The summed E-state index contributed by atoms with van der Waals surface area (Å²) in [5.74, 6) is -0.358. The molecule has 3 N–H and O–H groups in total.